The molecule has 1 amide bonds. The number of hydrogen-bond donors (Lipinski definition) is 3. The molecule has 0 bridgehead atoms. The number of rotatable bonds is 5. The van der Waals surface area contributed by atoms with Gasteiger partial charge < -0.3 is 10.4 Å². The van der Waals surface area contributed by atoms with E-state index in [1.54, 1.807) is 12.1 Å². The van der Waals surface area contributed by atoms with Crippen molar-refractivity contribution in [3.05, 3.63) is 52.3 Å². The molecule has 0 spiro atoms. The van der Waals surface area contributed by atoms with Crippen LogP contribution in [0.15, 0.2) is 40.0 Å². The van der Waals surface area contributed by atoms with Crippen LogP contribution in [0.4, 0.5) is 18.9 Å². The summed E-state index contributed by atoms with van der Waals surface area (Å²) < 4.78 is 40.3. The fraction of sp³-hybridized carbons (Fsp3) is 0.0625. The van der Waals surface area contributed by atoms with Crippen molar-refractivity contribution in [1.29, 1.82) is 0 Å². The predicted octanol–water partition coefficient (Wildman–Crippen LogP) is 4.09. The number of aromatic nitrogens is 3. The summed E-state index contributed by atoms with van der Waals surface area (Å²) in [7, 11) is 0. The second-order valence-electron chi connectivity index (χ2n) is 5.19. The third-order valence-electron chi connectivity index (χ3n) is 3.32. The fourth-order valence-corrected chi connectivity index (χ4v) is 3.03. The number of hydrogen-bond acceptors (Lipinski definition) is 5. The smallest absolute Gasteiger partial charge is 0.234 e. The zero-order valence-electron chi connectivity index (χ0n) is 13.3. The molecule has 0 atom stereocenters. The number of phenolic OH excluding ortho intramolecular Hbond substituents is 1. The molecule has 11 heteroatoms. The van der Waals surface area contributed by atoms with Crippen molar-refractivity contribution in [1.82, 2.24) is 15.2 Å². The second-order valence-corrected chi connectivity index (χ2v) is 7.05. The minimum Gasteiger partial charge on any atom is -0.507 e. The van der Waals surface area contributed by atoms with Crippen molar-refractivity contribution in [3.8, 4) is 17.1 Å². The first-order valence-electron chi connectivity index (χ1n) is 7.32. The Morgan fingerprint density at radius 3 is 2.78 bits per heavy atom. The maximum absolute atomic E-state index is 13.6. The molecular formula is C16H10BrF3N4O2S. The van der Waals surface area contributed by atoms with Gasteiger partial charge in [0.05, 0.1) is 17.0 Å². The molecule has 3 rings (SSSR count). The van der Waals surface area contributed by atoms with Crippen molar-refractivity contribution >= 4 is 39.3 Å². The number of aromatic hydroxyl groups is 1. The summed E-state index contributed by atoms with van der Waals surface area (Å²) in [5, 5.41) is 18.8. The van der Waals surface area contributed by atoms with E-state index in [-0.39, 0.29) is 16.7 Å². The SMILES string of the molecule is O=C(CSc1n[nH]c(-c2cc(Br)ccc2O)n1)Nc1ccc(F)c(F)c1F. The Morgan fingerprint density at radius 2 is 2.00 bits per heavy atom. The van der Waals surface area contributed by atoms with E-state index in [1.807, 2.05) is 0 Å². The maximum atomic E-state index is 13.6. The molecule has 0 fully saturated rings. The van der Waals surface area contributed by atoms with Crippen molar-refractivity contribution in [2.45, 2.75) is 5.16 Å². The van der Waals surface area contributed by atoms with E-state index in [4.69, 9.17) is 0 Å². The van der Waals surface area contributed by atoms with Gasteiger partial charge in [0.15, 0.2) is 23.3 Å². The first-order chi connectivity index (χ1) is 12.8. The van der Waals surface area contributed by atoms with Gasteiger partial charge >= 0.3 is 0 Å². The van der Waals surface area contributed by atoms with E-state index in [2.05, 4.69) is 36.4 Å². The van der Waals surface area contributed by atoms with Crippen molar-refractivity contribution < 1.29 is 23.1 Å². The van der Waals surface area contributed by atoms with Crippen LogP contribution in [0.2, 0.25) is 0 Å². The highest BCUT2D eigenvalue weighted by molar-refractivity contribution is 9.10. The summed E-state index contributed by atoms with van der Waals surface area (Å²) in [4.78, 5) is 16.0. The minimum atomic E-state index is -1.66. The van der Waals surface area contributed by atoms with Crippen LogP contribution in [-0.4, -0.2) is 31.9 Å². The number of phenols is 1. The van der Waals surface area contributed by atoms with E-state index in [0.717, 1.165) is 22.3 Å². The van der Waals surface area contributed by atoms with Crippen LogP contribution >= 0.6 is 27.7 Å². The number of thioether (sulfide) groups is 1. The number of anilines is 1. The normalized spacial score (nSPS) is 10.8. The summed E-state index contributed by atoms with van der Waals surface area (Å²) in [5.74, 6) is -5.03. The number of carbonyl (C=O) groups excluding carboxylic acids is 1. The van der Waals surface area contributed by atoms with E-state index in [9.17, 15) is 23.1 Å². The molecule has 0 saturated carbocycles. The fourth-order valence-electron chi connectivity index (χ4n) is 2.07. The van der Waals surface area contributed by atoms with E-state index < -0.39 is 29.0 Å². The van der Waals surface area contributed by atoms with Crippen LogP contribution in [0.25, 0.3) is 11.4 Å². The molecule has 140 valence electrons. The van der Waals surface area contributed by atoms with Gasteiger partial charge in [-0.15, -0.1) is 5.10 Å². The van der Waals surface area contributed by atoms with Gasteiger partial charge in [0.2, 0.25) is 11.1 Å². The monoisotopic (exact) mass is 458 g/mol. The lowest BCUT2D eigenvalue weighted by Crippen LogP contribution is -2.16. The summed E-state index contributed by atoms with van der Waals surface area (Å²) in [6.45, 7) is 0. The van der Waals surface area contributed by atoms with Gasteiger partial charge in [0.25, 0.3) is 0 Å². The maximum Gasteiger partial charge on any atom is 0.234 e. The molecule has 3 N–H and O–H groups in total. The molecule has 0 radical (unpaired) electrons. The summed E-state index contributed by atoms with van der Waals surface area (Å²) >= 11 is 4.22. The lowest BCUT2D eigenvalue weighted by molar-refractivity contribution is -0.113. The molecule has 0 saturated heterocycles. The highest BCUT2D eigenvalue weighted by atomic mass is 79.9. The summed E-state index contributed by atoms with van der Waals surface area (Å²) in [6.07, 6.45) is 0. The topological polar surface area (TPSA) is 90.9 Å². The van der Waals surface area contributed by atoms with E-state index >= 15 is 0 Å². The number of aromatic amines is 1. The third-order valence-corrected chi connectivity index (χ3v) is 4.66. The zero-order valence-corrected chi connectivity index (χ0v) is 15.7. The van der Waals surface area contributed by atoms with Gasteiger partial charge in [-0.05, 0) is 30.3 Å². The first kappa shape index (κ1) is 19.2. The van der Waals surface area contributed by atoms with Gasteiger partial charge in [0.1, 0.15) is 5.75 Å². The average Bonchev–Trinajstić information content (AvgIpc) is 3.11. The van der Waals surface area contributed by atoms with Crippen LogP contribution in [0.5, 0.6) is 5.75 Å². The largest absolute Gasteiger partial charge is 0.507 e. The Balaban J connectivity index is 1.64. The van der Waals surface area contributed by atoms with Gasteiger partial charge in [-0.3, -0.25) is 9.89 Å². The number of nitrogens with zero attached hydrogens (tertiary/aromatic N) is 2. The molecule has 0 aliphatic heterocycles. The number of nitrogens with one attached hydrogen (secondary N) is 2. The Labute approximate surface area is 163 Å². The molecule has 1 heterocycles. The number of halogens is 4. The summed E-state index contributed by atoms with van der Waals surface area (Å²) in [6, 6.07) is 6.43. The number of carbonyl (C=O) groups is 1. The van der Waals surface area contributed by atoms with E-state index in [1.165, 1.54) is 6.07 Å². The minimum absolute atomic E-state index is 0.00236. The van der Waals surface area contributed by atoms with Gasteiger partial charge in [-0.1, -0.05) is 27.7 Å². The highest BCUT2D eigenvalue weighted by Crippen LogP contribution is 2.30. The predicted molar refractivity (Wildman–Crippen MR) is 96.9 cm³/mol. The van der Waals surface area contributed by atoms with Crippen molar-refractivity contribution in [2.75, 3.05) is 11.1 Å². The summed E-state index contributed by atoms with van der Waals surface area (Å²) in [5.41, 5.74) is -0.0498. The molecule has 0 aliphatic rings. The number of benzene rings is 2. The third kappa shape index (κ3) is 4.42. The zero-order chi connectivity index (χ0) is 19.6. The van der Waals surface area contributed by atoms with Crippen LogP contribution in [-0.2, 0) is 4.79 Å². The molecule has 6 nitrogen and oxygen atoms in total. The standard InChI is InChI=1S/C16H10BrF3N4O2S/c17-7-1-4-11(25)8(5-7)15-22-16(24-23-15)27-6-12(26)21-10-3-2-9(18)13(19)14(10)20/h1-5,25H,6H2,(H,21,26)(H,22,23,24). The van der Waals surface area contributed by atoms with Crippen LogP contribution < -0.4 is 5.32 Å². The van der Waals surface area contributed by atoms with E-state index in [0.29, 0.717) is 17.5 Å². The van der Waals surface area contributed by atoms with Crippen LogP contribution in [0, 0.1) is 17.5 Å². The Hall–Kier alpha value is -2.53. The first-order valence-corrected chi connectivity index (χ1v) is 9.10. The Kier molecular flexibility index (Phi) is 5.71. The van der Waals surface area contributed by atoms with Gasteiger partial charge in [0, 0.05) is 4.47 Å². The molecule has 1 aromatic heterocycles. The molecule has 2 aromatic carbocycles. The Bertz CT molecular complexity index is 1020. The van der Waals surface area contributed by atoms with Crippen molar-refractivity contribution in [2.24, 2.45) is 0 Å². The molecular weight excluding hydrogens is 449 g/mol. The molecule has 3 aromatic rings. The van der Waals surface area contributed by atoms with Gasteiger partial charge in [-0.25, -0.2) is 18.2 Å². The number of H-pyrrole nitrogens is 1. The second kappa shape index (κ2) is 8.01. The molecule has 0 aliphatic carbocycles. The lowest BCUT2D eigenvalue weighted by atomic mass is 10.2. The van der Waals surface area contributed by atoms with Crippen LogP contribution in [0.3, 0.4) is 0 Å². The van der Waals surface area contributed by atoms with Gasteiger partial charge in [-0.2, -0.15) is 0 Å². The Morgan fingerprint density at radius 1 is 1.22 bits per heavy atom. The number of amides is 1. The average molecular weight is 459 g/mol. The molecule has 0 unspecified atom stereocenters. The quantitative estimate of drug-likeness (QED) is 0.395. The highest BCUT2D eigenvalue weighted by Gasteiger charge is 2.16. The van der Waals surface area contributed by atoms with Crippen LogP contribution in [0.1, 0.15) is 0 Å². The van der Waals surface area contributed by atoms with Crippen molar-refractivity contribution in [3.63, 3.8) is 0 Å². The molecule has 27 heavy (non-hydrogen) atoms. The lowest BCUT2D eigenvalue weighted by Gasteiger charge is -2.06.